The number of anilines is 1. The summed E-state index contributed by atoms with van der Waals surface area (Å²) in [5.41, 5.74) is 5.27. The second-order valence-electron chi connectivity index (χ2n) is 2.47. The fourth-order valence-corrected chi connectivity index (χ4v) is 1.23. The Hall–Kier alpha value is -1.04. The van der Waals surface area contributed by atoms with Crippen molar-refractivity contribution in [1.29, 1.82) is 0 Å². The normalized spacial score (nSPS) is 12.5. The third-order valence-corrected chi connectivity index (χ3v) is 2.10. The van der Waals surface area contributed by atoms with Gasteiger partial charge in [-0.2, -0.15) is 0 Å². The molecule has 5 nitrogen and oxygen atoms in total. The summed E-state index contributed by atoms with van der Waals surface area (Å²) in [6.45, 7) is 0. The van der Waals surface area contributed by atoms with Crippen LogP contribution < -0.4 is 5.73 Å². The minimum atomic E-state index is -1.76. The molecule has 0 bridgehead atoms. The fourth-order valence-electron chi connectivity index (χ4n) is 0.779. The van der Waals surface area contributed by atoms with Gasteiger partial charge in [0.05, 0.1) is 16.4 Å². The van der Waals surface area contributed by atoms with Crippen molar-refractivity contribution >= 4 is 34.9 Å². The van der Waals surface area contributed by atoms with E-state index in [4.69, 9.17) is 39.1 Å². The molecule has 1 atom stereocenters. The first-order chi connectivity index (χ1) is 6.43. The van der Waals surface area contributed by atoms with Crippen LogP contribution in [-0.4, -0.2) is 21.2 Å². The minimum absolute atomic E-state index is 0.0506. The summed E-state index contributed by atoms with van der Waals surface area (Å²) in [5.74, 6) is -1.44. The molecule has 0 saturated heterocycles. The number of carboxylic acid groups (broad SMARTS) is 1. The number of aliphatic hydroxyl groups excluding tert-OH is 1. The molecule has 1 heterocycles. The molecule has 0 aliphatic rings. The number of halogens is 2. The molecule has 0 aliphatic heterocycles. The highest BCUT2D eigenvalue weighted by Gasteiger charge is 2.19. The first-order valence-electron chi connectivity index (χ1n) is 3.45. The van der Waals surface area contributed by atoms with Gasteiger partial charge in [-0.3, -0.25) is 0 Å². The van der Waals surface area contributed by atoms with Crippen molar-refractivity contribution in [1.82, 2.24) is 4.98 Å². The maximum absolute atomic E-state index is 10.4. The van der Waals surface area contributed by atoms with Crippen molar-refractivity contribution in [2.24, 2.45) is 0 Å². The maximum Gasteiger partial charge on any atom is 0.338 e. The van der Waals surface area contributed by atoms with Crippen LogP contribution in [0.25, 0.3) is 0 Å². The molecule has 14 heavy (non-hydrogen) atoms. The van der Waals surface area contributed by atoms with Crippen molar-refractivity contribution < 1.29 is 15.0 Å². The first kappa shape index (κ1) is 11.0. The van der Waals surface area contributed by atoms with Gasteiger partial charge >= 0.3 is 5.97 Å². The molecule has 0 fully saturated rings. The van der Waals surface area contributed by atoms with E-state index in [2.05, 4.69) is 4.98 Å². The molecule has 0 saturated carbocycles. The van der Waals surface area contributed by atoms with Gasteiger partial charge < -0.3 is 15.9 Å². The van der Waals surface area contributed by atoms with Crippen molar-refractivity contribution in [2.45, 2.75) is 6.10 Å². The average molecular weight is 237 g/mol. The number of nitrogens with zero attached hydrogens (tertiary/aromatic N) is 1. The number of hydrogen-bond acceptors (Lipinski definition) is 4. The lowest BCUT2D eigenvalue weighted by Crippen LogP contribution is -2.12. The lowest BCUT2D eigenvalue weighted by molar-refractivity contribution is -0.147. The fraction of sp³-hybridized carbons (Fsp3) is 0.143. The van der Waals surface area contributed by atoms with E-state index < -0.39 is 12.1 Å². The zero-order chi connectivity index (χ0) is 10.9. The predicted molar refractivity (Wildman–Crippen MR) is 51.3 cm³/mol. The van der Waals surface area contributed by atoms with E-state index in [-0.39, 0.29) is 21.6 Å². The predicted octanol–water partition coefficient (Wildman–Crippen LogP) is 1.09. The summed E-state index contributed by atoms with van der Waals surface area (Å²) >= 11 is 11.2. The maximum atomic E-state index is 10.4. The topological polar surface area (TPSA) is 96.4 Å². The van der Waals surface area contributed by atoms with Crippen LogP contribution in [0.1, 0.15) is 11.8 Å². The van der Waals surface area contributed by atoms with E-state index in [1.807, 2.05) is 0 Å². The SMILES string of the molecule is Nc1c(Cl)cc(C(O)C(=O)O)nc1Cl. The van der Waals surface area contributed by atoms with E-state index in [1.54, 1.807) is 0 Å². The van der Waals surface area contributed by atoms with Gasteiger partial charge in [-0.15, -0.1) is 0 Å². The third kappa shape index (κ3) is 2.06. The van der Waals surface area contributed by atoms with Gasteiger partial charge in [0, 0.05) is 0 Å². The molecule has 1 aromatic rings. The van der Waals surface area contributed by atoms with Crippen LogP contribution in [0.3, 0.4) is 0 Å². The molecule has 7 heteroatoms. The Morgan fingerprint density at radius 1 is 1.57 bits per heavy atom. The molecule has 1 rings (SSSR count). The molecule has 0 spiro atoms. The Bertz CT molecular complexity index is 360. The van der Waals surface area contributed by atoms with Crippen LogP contribution >= 0.6 is 23.2 Å². The molecule has 0 aliphatic carbocycles. The Balaban J connectivity index is 3.19. The van der Waals surface area contributed by atoms with Gasteiger partial charge in [0.25, 0.3) is 0 Å². The van der Waals surface area contributed by atoms with Crippen LogP contribution in [0.15, 0.2) is 6.07 Å². The van der Waals surface area contributed by atoms with Gasteiger partial charge in [0.1, 0.15) is 0 Å². The van der Waals surface area contributed by atoms with E-state index in [9.17, 15) is 4.79 Å². The number of hydrogen-bond donors (Lipinski definition) is 3. The van der Waals surface area contributed by atoms with Gasteiger partial charge in [-0.25, -0.2) is 9.78 Å². The second-order valence-corrected chi connectivity index (χ2v) is 3.24. The average Bonchev–Trinajstić information content (AvgIpc) is 2.12. The number of nitrogen functional groups attached to an aromatic ring is 1. The highest BCUT2D eigenvalue weighted by molar-refractivity contribution is 6.38. The van der Waals surface area contributed by atoms with Crippen molar-refractivity contribution in [3.8, 4) is 0 Å². The summed E-state index contributed by atoms with van der Waals surface area (Å²) in [6.07, 6.45) is -1.76. The van der Waals surface area contributed by atoms with Crippen molar-refractivity contribution in [3.63, 3.8) is 0 Å². The largest absolute Gasteiger partial charge is 0.479 e. The number of aliphatic hydroxyl groups is 1. The van der Waals surface area contributed by atoms with Gasteiger partial charge in [0.2, 0.25) is 0 Å². The molecular weight excluding hydrogens is 231 g/mol. The molecule has 0 aromatic carbocycles. The highest BCUT2D eigenvalue weighted by atomic mass is 35.5. The van der Waals surface area contributed by atoms with E-state index >= 15 is 0 Å². The Morgan fingerprint density at radius 2 is 2.14 bits per heavy atom. The third-order valence-electron chi connectivity index (χ3n) is 1.50. The molecule has 4 N–H and O–H groups in total. The number of rotatable bonds is 2. The van der Waals surface area contributed by atoms with Crippen LogP contribution in [0.4, 0.5) is 5.69 Å². The molecule has 1 unspecified atom stereocenters. The van der Waals surface area contributed by atoms with Crippen molar-refractivity contribution in [3.05, 3.63) is 21.9 Å². The number of pyridine rings is 1. The lowest BCUT2D eigenvalue weighted by atomic mass is 10.2. The zero-order valence-corrected chi connectivity index (χ0v) is 8.25. The van der Waals surface area contributed by atoms with Crippen LogP contribution in [0.5, 0.6) is 0 Å². The number of carboxylic acids is 1. The van der Waals surface area contributed by atoms with Crippen molar-refractivity contribution in [2.75, 3.05) is 5.73 Å². The van der Waals surface area contributed by atoms with Gasteiger partial charge in [-0.05, 0) is 6.07 Å². The van der Waals surface area contributed by atoms with Crippen LogP contribution in [0, 0.1) is 0 Å². The molecule has 0 amide bonds. The molecular formula is C7H6Cl2N2O3. The summed E-state index contributed by atoms with van der Waals surface area (Å²) in [4.78, 5) is 14.0. The number of nitrogens with two attached hydrogens (primary N) is 1. The van der Waals surface area contributed by atoms with Gasteiger partial charge in [0.15, 0.2) is 11.3 Å². The number of aromatic nitrogens is 1. The van der Waals surface area contributed by atoms with E-state index in [0.717, 1.165) is 6.07 Å². The first-order valence-corrected chi connectivity index (χ1v) is 4.21. The molecule has 0 radical (unpaired) electrons. The van der Waals surface area contributed by atoms with E-state index in [0.29, 0.717) is 0 Å². The summed E-state index contributed by atoms with van der Waals surface area (Å²) in [6, 6.07) is 1.15. The monoisotopic (exact) mass is 236 g/mol. The smallest absolute Gasteiger partial charge is 0.338 e. The zero-order valence-electron chi connectivity index (χ0n) is 6.74. The summed E-state index contributed by atoms with van der Waals surface area (Å²) in [5, 5.41) is 17.5. The number of aliphatic carboxylic acids is 1. The standard InChI is InChI=1S/C7H6Cl2N2O3/c8-2-1-3(5(12)7(13)14)11-6(9)4(2)10/h1,5,12H,10H2,(H,13,14). The lowest BCUT2D eigenvalue weighted by Gasteiger charge is -2.07. The van der Waals surface area contributed by atoms with E-state index in [1.165, 1.54) is 0 Å². The quantitative estimate of drug-likeness (QED) is 0.669. The van der Waals surface area contributed by atoms with Crippen LogP contribution in [-0.2, 0) is 4.79 Å². The Morgan fingerprint density at radius 3 is 2.57 bits per heavy atom. The number of carbonyl (C=O) groups is 1. The Kier molecular flexibility index (Phi) is 3.15. The molecule has 1 aromatic heterocycles. The second kappa shape index (κ2) is 4.00. The highest BCUT2D eigenvalue weighted by Crippen LogP contribution is 2.28. The minimum Gasteiger partial charge on any atom is -0.479 e. The molecule has 76 valence electrons. The summed E-state index contributed by atoms with van der Waals surface area (Å²) < 4.78 is 0. The van der Waals surface area contributed by atoms with Crippen LogP contribution in [0.2, 0.25) is 10.2 Å². The summed E-state index contributed by atoms with van der Waals surface area (Å²) in [7, 11) is 0. The van der Waals surface area contributed by atoms with Gasteiger partial charge in [-0.1, -0.05) is 23.2 Å². The Labute approximate surface area is 89.1 Å².